The van der Waals surface area contributed by atoms with Gasteiger partial charge in [-0.15, -0.1) is 11.3 Å². The van der Waals surface area contributed by atoms with Crippen LogP contribution in [-0.2, 0) is 4.74 Å². The Balaban J connectivity index is 1.45. The molecule has 4 aromatic rings. The van der Waals surface area contributed by atoms with Crippen molar-refractivity contribution < 1.29 is 13.9 Å². The molecule has 0 saturated heterocycles. The van der Waals surface area contributed by atoms with E-state index in [0.29, 0.717) is 27.9 Å². The van der Waals surface area contributed by atoms with Crippen molar-refractivity contribution in [2.75, 3.05) is 12.8 Å². The van der Waals surface area contributed by atoms with Crippen LogP contribution in [-0.4, -0.2) is 28.0 Å². The van der Waals surface area contributed by atoms with Gasteiger partial charge >= 0.3 is 5.97 Å². The summed E-state index contributed by atoms with van der Waals surface area (Å²) in [5.74, 6) is -0.0204. The number of carbonyl (C=O) groups is 1. The highest BCUT2D eigenvalue weighted by atomic mass is 35.5. The van der Waals surface area contributed by atoms with Gasteiger partial charge in [0.2, 0.25) is 0 Å². The van der Waals surface area contributed by atoms with Gasteiger partial charge in [0.15, 0.2) is 5.82 Å². The predicted molar refractivity (Wildman–Crippen MR) is 131 cm³/mol. The van der Waals surface area contributed by atoms with Gasteiger partial charge < -0.3 is 15.5 Å². The zero-order chi connectivity index (χ0) is 23.8. The molecule has 5 rings (SSSR count). The smallest absolute Gasteiger partial charge is 0.351 e. The topological polar surface area (TPSA) is 93.9 Å². The largest absolute Gasteiger partial charge is 0.465 e. The maximum absolute atomic E-state index is 14.8. The van der Waals surface area contributed by atoms with Crippen molar-refractivity contribution in [2.24, 2.45) is 5.92 Å². The van der Waals surface area contributed by atoms with Gasteiger partial charge in [-0.2, -0.15) is 0 Å². The van der Waals surface area contributed by atoms with Crippen LogP contribution in [0.15, 0.2) is 48.1 Å². The van der Waals surface area contributed by atoms with Crippen LogP contribution >= 0.6 is 22.9 Å². The zero-order valence-corrected chi connectivity index (χ0v) is 19.9. The number of benzene rings is 1. The fourth-order valence-corrected chi connectivity index (χ4v) is 5.05. The lowest BCUT2D eigenvalue weighted by Gasteiger charge is -2.15. The number of nitrogens with one attached hydrogen (secondary N) is 1. The third kappa shape index (κ3) is 4.43. The quantitative estimate of drug-likeness (QED) is 0.231. The Bertz CT molecular complexity index is 1350. The lowest BCUT2D eigenvalue weighted by atomic mass is 9.96. The number of hydrogen-bond acceptors (Lipinski definition) is 6. The normalized spacial score (nSPS) is 14.2. The molecule has 0 amide bonds. The number of rotatable bonds is 7. The number of H-pyrrole nitrogens is 1. The molecule has 3 aromatic heterocycles. The molecule has 1 aromatic carbocycles. The van der Waals surface area contributed by atoms with Gasteiger partial charge in [0.25, 0.3) is 0 Å². The third-order valence-corrected chi connectivity index (χ3v) is 7.22. The van der Waals surface area contributed by atoms with Gasteiger partial charge in [-0.1, -0.05) is 30.5 Å². The van der Waals surface area contributed by atoms with Crippen molar-refractivity contribution in [3.05, 3.63) is 75.3 Å². The summed E-state index contributed by atoms with van der Waals surface area (Å²) in [5, 5.41) is 2.20. The minimum absolute atomic E-state index is 0.0549. The molecule has 34 heavy (non-hydrogen) atoms. The molecule has 9 heteroatoms. The standard InChI is InChI=1S/C25H22ClFN4O2S/c1-33-25(32)23-22(27)18(12-34-23)21-11-30-24(31-21)17(8-13-2-3-13)20-7-4-14(10-29-20)16-9-15(26)5-6-19(16)28/h4-7,9-13,17H,2-3,8,28H2,1H3,(H,30,31). The molecule has 1 unspecified atom stereocenters. The van der Waals surface area contributed by atoms with Crippen molar-refractivity contribution in [1.82, 2.24) is 15.0 Å². The van der Waals surface area contributed by atoms with Crippen molar-refractivity contribution in [3.8, 4) is 22.4 Å². The highest BCUT2D eigenvalue weighted by Crippen LogP contribution is 2.41. The number of aromatic amines is 1. The van der Waals surface area contributed by atoms with Crippen LogP contribution in [0.5, 0.6) is 0 Å². The Morgan fingerprint density at radius 2 is 2.09 bits per heavy atom. The number of esters is 1. The van der Waals surface area contributed by atoms with E-state index in [1.54, 1.807) is 29.9 Å². The molecule has 1 aliphatic carbocycles. The van der Waals surface area contributed by atoms with Crippen LogP contribution in [0.4, 0.5) is 10.1 Å². The first-order valence-electron chi connectivity index (χ1n) is 10.9. The van der Waals surface area contributed by atoms with Crippen molar-refractivity contribution >= 4 is 34.6 Å². The fourth-order valence-electron chi connectivity index (χ4n) is 4.01. The Hall–Kier alpha value is -3.23. The number of nitrogen functional groups attached to an aromatic ring is 1. The lowest BCUT2D eigenvalue weighted by Crippen LogP contribution is -2.07. The summed E-state index contributed by atoms with van der Waals surface area (Å²) in [4.78, 5) is 24.3. The number of nitrogens with zero attached hydrogens (tertiary/aromatic N) is 2. The molecule has 3 N–H and O–H groups in total. The molecule has 1 aliphatic rings. The molecule has 3 heterocycles. The molecule has 0 spiro atoms. The molecule has 1 atom stereocenters. The summed E-state index contributed by atoms with van der Waals surface area (Å²) < 4.78 is 19.5. The van der Waals surface area contributed by atoms with E-state index in [1.807, 2.05) is 18.2 Å². The maximum Gasteiger partial charge on any atom is 0.351 e. The van der Waals surface area contributed by atoms with Crippen LogP contribution in [0.2, 0.25) is 5.02 Å². The van der Waals surface area contributed by atoms with Gasteiger partial charge in [-0.3, -0.25) is 4.98 Å². The van der Waals surface area contributed by atoms with Crippen LogP contribution in [0.25, 0.3) is 22.4 Å². The number of thiophene rings is 1. The second-order valence-corrected chi connectivity index (χ2v) is 9.72. The molecular weight excluding hydrogens is 475 g/mol. The van der Waals surface area contributed by atoms with E-state index in [9.17, 15) is 9.18 Å². The van der Waals surface area contributed by atoms with E-state index in [-0.39, 0.29) is 10.8 Å². The van der Waals surface area contributed by atoms with Crippen LogP contribution in [0.1, 0.15) is 46.4 Å². The van der Waals surface area contributed by atoms with Crippen LogP contribution < -0.4 is 5.73 Å². The number of imidazole rings is 1. The van der Waals surface area contributed by atoms with E-state index in [0.717, 1.165) is 40.4 Å². The average Bonchev–Trinajstić information content (AvgIpc) is 3.40. The Kier molecular flexibility index (Phi) is 6.10. The van der Waals surface area contributed by atoms with E-state index >= 15 is 0 Å². The van der Waals surface area contributed by atoms with Gasteiger partial charge in [0.1, 0.15) is 10.7 Å². The van der Waals surface area contributed by atoms with Crippen molar-refractivity contribution in [2.45, 2.75) is 25.2 Å². The summed E-state index contributed by atoms with van der Waals surface area (Å²) >= 11 is 7.15. The summed E-state index contributed by atoms with van der Waals surface area (Å²) in [6.45, 7) is 0. The summed E-state index contributed by atoms with van der Waals surface area (Å²) in [6, 6.07) is 9.32. The first-order chi connectivity index (χ1) is 16.4. The number of nitrogens with two attached hydrogens (primary N) is 1. The SMILES string of the molecule is COC(=O)c1scc(-c2cnc(C(CC3CC3)c3ccc(-c4cc(Cl)ccc4N)cn3)[nH]2)c1F. The number of pyridine rings is 1. The molecule has 174 valence electrons. The summed E-state index contributed by atoms with van der Waals surface area (Å²) in [7, 11) is 1.23. The fraction of sp³-hybridized carbons (Fsp3) is 0.240. The molecule has 1 fully saturated rings. The number of aromatic nitrogens is 3. The second kappa shape index (κ2) is 9.19. The number of methoxy groups -OCH3 is 1. The summed E-state index contributed by atoms with van der Waals surface area (Å²) in [5.41, 5.74) is 10.2. The van der Waals surface area contributed by atoms with Crippen LogP contribution in [0.3, 0.4) is 0 Å². The predicted octanol–water partition coefficient (Wildman–Crippen LogP) is 6.29. The first kappa shape index (κ1) is 22.6. The average molecular weight is 497 g/mol. The molecular formula is C25H22ClFN4O2S. The van der Waals surface area contributed by atoms with Gasteiger partial charge in [-0.05, 0) is 36.6 Å². The molecule has 0 aliphatic heterocycles. The van der Waals surface area contributed by atoms with Crippen molar-refractivity contribution in [1.29, 1.82) is 0 Å². The monoisotopic (exact) mass is 496 g/mol. The molecule has 1 saturated carbocycles. The van der Waals surface area contributed by atoms with E-state index in [4.69, 9.17) is 22.3 Å². The van der Waals surface area contributed by atoms with Gasteiger partial charge in [-0.25, -0.2) is 14.2 Å². The Labute approximate surface area is 205 Å². The van der Waals surface area contributed by atoms with E-state index < -0.39 is 11.8 Å². The number of carbonyl (C=O) groups excluding carboxylic acids is 1. The number of ether oxygens (including phenoxy) is 1. The third-order valence-electron chi connectivity index (χ3n) is 6.05. The minimum Gasteiger partial charge on any atom is -0.465 e. The Morgan fingerprint density at radius 3 is 2.79 bits per heavy atom. The zero-order valence-electron chi connectivity index (χ0n) is 18.3. The second-order valence-electron chi connectivity index (χ2n) is 8.40. The number of halogens is 2. The highest BCUT2D eigenvalue weighted by molar-refractivity contribution is 7.12. The maximum atomic E-state index is 14.8. The van der Waals surface area contributed by atoms with Crippen molar-refractivity contribution in [3.63, 3.8) is 0 Å². The minimum atomic E-state index is -0.690. The van der Waals surface area contributed by atoms with E-state index in [2.05, 4.69) is 14.7 Å². The summed E-state index contributed by atoms with van der Waals surface area (Å²) in [6.07, 6.45) is 6.66. The van der Waals surface area contributed by atoms with Crippen LogP contribution in [0, 0.1) is 11.7 Å². The molecule has 0 bridgehead atoms. The molecule has 0 radical (unpaired) electrons. The lowest BCUT2D eigenvalue weighted by molar-refractivity contribution is 0.0601. The van der Waals surface area contributed by atoms with Gasteiger partial charge in [0, 0.05) is 39.0 Å². The van der Waals surface area contributed by atoms with Gasteiger partial charge in [0.05, 0.1) is 30.6 Å². The number of hydrogen-bond donors (Lipinski definition) is 2. The highest BCUT2D eigenvalue weighted by Gasteiger charge is 2.30. The Morgan fingerprint density at radius 1 is 1.26 bits per heavy atom. The van der Waals surface area contributed by atoms with E-state index in [1.165, 1.54) is 20.0 Å². The first-order valence-corrected chi connectivity index (χ1v) is 12.1. The molecule has 6 nitrogen and oxygen atoms in total. The number of anilines is 1.